The summed E-state index contributed by atoms with van der Waals surface area (Å²) in [6.07, 6.45) is -5.15. The van der Waals surface area contributed by atoms with Crippen molar-refractivity contribution in [2.75, 3.05) is 0 Å². The molecule has 100 valence electrons. The summed E-state index contributed by atoms with van der Waals surface area (Å²) in [6.45, 7) is 0. The van der Waals surface area contributed by atoms with Crippen molar-refractivity contribution in [3.63, 3.8) is 0 Å². The van der Waals surface area contributed by atoms with Gasteiger partial charge in [0, 0.05) is 0 Å². The van der Waals surface area contributed by atoms with Crippen LogP contribution in [0.1, 0.15) is 6.42 Å². The minimum atomic E-state index is -4.23. The summed E-state index contributed by atoms with van der Waals surface area (Å²) in [6, 6.07) is 0. The molecule has 0 aliphatic carbocycles. The fraction of sp³-hybridized carbons (Fsp3) is 1.00. The molecular weight excluding hydrogens is 266 g/mol. The van der Waals surface area contributed by atoms with Crippen LogP contribution in [0.2, 0.25) is 0 Å². The molecule has 0 heterocycles. The molecule has 0 saturated heterocycles. The topological polar surface area (TPSA) is 216 Å². The molecule has 15 nitrogen and oxygen atoms in total. The van der Waals surface area contributed by atoms with E-state index in [9.17, 15) is 50.6 Å². The van der Waals surface area contributed by atoms with Gasteiger partial charge in [-0.1, -0.05) is 0 Å². The second-order valence-electron chi connectivity index (χ2n) is 2.80. The molecule has 0 amide bonds. The van der Waals surface area contributed by atoms with Gasteiger partial charge in [0.2, 0.25) is 0 Å². The lowest BCUT2D eigenvalue weighted by atomic mass is 10.2. The Kier molecular flexibility index (Phi) is 4.07. The third kappa shape index (κ3) is 2.39. The Balaban J connectivity index is 5.69. The van der Waals surface area contributed by atoms with Crippen LogP contribution in [0.25, 0.3) is 0 Å². The number of rotatable bonds is 7. The lowest BCUT2D eigenvalue weighted by Gasteiger charge is -2.08. The molecule has 0 N–H and O–H groups in total. The zero-order chi connectivity index (χ0) is 14.7. The average molecular weight is 269 g/mol. The molecule has 18 heavy (non-hydrogen) atoms. The molecule has 0 rings (SSSR count). The molecule has 0 radical (unpaired) electrons. The molecule has 0 atom stereocenters. The van der Waals surface area contributed by atoms with E-state index in [1.54, 1.807) is 0 Å². The first-order valence-corrected chi connectivity index (χ1v) is 3.77. The maximum absolute atomic E-state index is 10.4. The summed E-state index contributed by atoms with van der Waals surface area (Å²) in [4.78, 5) is 42.0. The maximum atomic E-state index is 10.4. The van der Waals surface area contributed by atoms with Crippen LogP contribution in [0.3, 0.4) is 0 Å². The van der Waals surface area contributed by atoms with E-state index in [-0.39, 0.29) is 0 Å². The van der Waals surface area contributed by atoms with Crippen LogP contribution in [0.4, 0.5) is 0 Å². The van der Waals surface area contributed by atoms with Gasteiger partial charge in [-0.05, 0) is 0 Å². The largest absolute Gasteiger partial charge is 0.714 e. The predicted molar refractivity (Wildman–Crippen MR) is 46.1 cm³/mol. The zero-order valence-electron chi connectivity index (χ0n) is 8.10. The molecule has 0 aliphatic heterocycles. The fourth-order valence-electron chi connectivity index (χ4n) is 0.895. The van der Waals surface area contributed by atoms with Crippen LogP contribution in [-0.2, 0) is 0 Å². The third-order valence-corrected chi connectivity index (χ3v) is 1.82. The van der Waals surface area contributed by atoms with Gasteiger partial charge in [-0.25, -0.2) is 0 Å². The van der Waals surface area contributed by atoms with Crippen LogP contribution >= 0.6 is 0 Å². The lowest BCUT2D eigenvalue weighted by molar-refractivity contribution is -0.978. The van der Waals surface area contributed by atoms with Crippen LogP contribution in [-0.4, -0.2) is 36.6 Å². The number of hydrogen-bond acceptors (Lipinski definition) is 10. The molecule has 15 heteroatoms. The summed E-state index contributed by atoms with van der Waals surface area (Å²) >= 11 is 0. The van der Waals surface area contributed by atoms with Gasteiger partial charge < -0.3 is 0 Å². The van der Waals surface area contributed by atoms with E-state index in [4.69, 9.17) is 0 Å². The number of hydrogen-bond donors (Lipinski definition) is 0. The molecular formula is C3H3N5O10. The van der Waals surface area contributed by atoms with Gasteiger partial charge in [0.25, 0.3) is 0 Å². The van der Waals surface area contributed by atoms with E-state index in [1.165, 1.54) is 0 Å². The fourth-order valence-corrected chi connectivity index (χ4v) is 0.895. The summed E-state index contributed by atoms with van der Waals surface area (Å²) in [5.74, 6) is -4.23. The van der Waals surface area contributed by atoms with E-state index in [0.29, 0.717) is 0 Å². The van der Waals surface area contributed by atoms with E-state index in [2.05, 4.69) is 0 Å². The Morgan fingerprint density at radius 1 is 0.722 bits per heavy atom. The Morgan fingerprint density at radius 2 is 1.00 bits per heavy atom. The van der Waals surface area contributed by atoms with Crippen LogP contribution < -0.4 is 0 Å². The second kappa shape index (κ2) is 4.89. The molecule has 0 unspecified atom stereocenters. The summed E-state index contributed by atoms with van der Waals surface area (Å²) in [5.41, 5.74) is 0. The van der Waals surface area contributed by atoms with E-state index in [1.807, 2.05) is 0 Å². The van der Waals surface area contributed by atoms with Crippen molar-refractivity contribution in [3.05, 3.63) is 50.6 Å². The molecule has 0 saturated carbocycles. The highest BCUT2D eigenvalue weighted by Crippen LogP contribution is 2.21. The SMILES string of the molecule is O=[N+]([O-])C(CC([N+](=O)[O-])([N+](=O)[O-])[N+](=O)[O-])[N+](=O)[O-]. The molecule has 0 fully saturated rings. The summed E-state index contributed by atoms with van der Waals surface area (Å²) < 4.78 is 0. The van der Waals surface area contributed by atoms with Crippen LogP contribution in [0.15, 0.2) is 0 Å². The van der Waals surface area contributed by atoms with E-state index < -0.39 is 43.0 Å². The number of nitrogens with zero attached hydrogens (tertiary/aromatic N) is 5. The molecule has 0 aliphatic rings. The van der Waals surface area contributed by atoms with Gasteiger partial charge in [-0.15, -0.1) is 0 Å². The smallest absolute Gasteiger partial charge is 0.259 e. The highest BCUT2D eigenvalue weighted by atomic mass is 16.7. The molecule has 0 aromatic rings. The van der Waals surface area contributed by atoms with Gasteiger partial charge in [0.1, 0.15) is 0 Å². The Labute approximate surface area is 94.7 Å². The standard InChI is InChI=1S/C3H3N5O10/c9-4(10)2(5(11)12)1-3(6(13)14,7(15)16)8(17)18/h2H,1H2. The van der Waals surface area contributed by atoms with Gasteiger partial charge >= 0.3 is 18.4 Å². The van der Waals surface area contributed by atoms with Gasteiger partial charge in [-0.3, -0.25) is 50.6 Å². The quantitative estimate of drug-likeness (QED) is 0.303. The van der Waals surface area contributed by atoms with Crippen molar-refractivity contribution in [1.29, 1.82) is 0 Å². The van der Waals surface area contributed by atoms with Crippen molar-refractivity contribution in [2.24, 2.45) is 0 Å². The van der Waals surface area contributed by atoms with Crippen molar-refractivity contribution in [1.82, 2.24) is 0 Å². The Morgan fingerprint density at radius 3 is 1.17 bits per heavy atom. The maximum Gasteiger partial charge on any atom is 0.714 e. The van der Waals surface area contributed by atoms with Crippen molar-refractivity contribution < 1.29 is 24.6 Å². The molecule has 0 spiro atoms. The molecule has 0 aromatic heterocycles. The first-order chi connectivity index (χ1) is 8.07. The van der Waals surface area contributed by atoms with Gasteiger partial charge in [0.15, 0.2) is 14.8 Å². The Hall–Kier alpha value is -3.00. The third-order valence-electron chi connectivity index (χ3n) is 1.82. The second-order valence-corrected chi connectivity index (χ2v) is 2.80. The van der Waals surface area contributed by atoms with Crippen LogP contribution in [0.5, 0.6) is 0 Å². The number of nitro groups is 5. The molecule has 0 bridgehead atoms. The minimum absolute atomic E-state index is 1.69. The highest BCUT2D eigenvalue weighted by Gasteiger charge is 2.75. The van der Waals surface area contributed by atoms with Crippen molar-refractivity contribution in [2.45, 2.75) is 18.4 Å². The van der Waals surface area contributed by atoms with Crippen molar-refractivity contribution >= 4 is 0 Å². The lowest BCUT2D eigenvalue weighted by Crippen LogP contribution is -2.57. The molecule has 0 aromatic carbocycles. The Bertz CT molecular complexity index is 379. The first-order valence-electron chi connectivity index (χ1n) is 3.77. The summed E-state index contributed by atoms with van der Waals surface area (Å²) in [5, 5.41) is 51.5. The van der Waals surface area contributed by atoms with E-state index in [0.717, 1.165) is 0 Å². The van der Waals surface area contributed by atoms with Crippen molar-refractivity contribution in [3.8, 4) is 0 Å². The van der Waals surface area contributed by atoms with E-state index >= 15 is 0 Å². The predicted octanol–water partition coefficient (Wildman–Crippen LogP) is -1.26. The highest BCUT2D eigenvalue weighted by molar-refractivity contribution is 4.57. The summed E-state index contributed by atoms with van der Waals surface area (Å²) in [7, 11) is 0. The van der Waals surface area contributed by atoms with Gasteiger partial charge in [0.05, 0.1) is 9.85 Å². The average Bonchev–Trinajstić information content (AvgIpc) is 2.15. The monoisotopic (exact) mass is 269 g/mol. The first kappa shape index (κ1) is 15.0. The zero-order valence-corrected chi connectivity index (χ0v) is 8.10. The minimum Gasteiger partial charge on any atom is -0.259 e. The normalized spacial score (nSPS) is 10.9. The van der Waals surface area contributed by atoms with Gasteiger partial charge in [-0.2, -0.15) is 0 Å². The van der Waals surface area contributed by atoms with Crippen LogP contribution in [0, 0.1) is 50.6 Å².